The Kier molecular flexibility index (Phi) is 6.26. The summed E-state index contributed by atoms with van der Waals surface area (Å²) in [6.07, 6.45) is 1.38. The summed E-state index contributed by atoms with van der Waals surface area (Å²) >= 11 is 0. The zero-order chi connectivity index (χ0) is 14.3. The van der Waals surface area contributed by atoms with E-state index in [1.54, 1.807) is 31.2 Å². The zero-order valence-corrected chi connectivity index (χ0v) is 11.9. The summed E-state index contributed by atoms with van der Waals surface area (Å²) in [5, 5.41) is 0. The highest BCUT2D eigenvalue weighted by atomic mass is 16.5. The zero-order valence-electron chi connectivity index (χ0n) is 11.9. The van der Waals surface area contributed by atoms with Crippen LogP contribution in [0, 0.1) is 11.8 Å². The van der Waals surface area contributed by atoms with Gasteiger partial charge >= 0.3 is 5.97 Å². The second-order valence-corrected chi connectivity index (χ2v) is 5.01. The van der Waals surface area contributed by atoms with Crippen LogP contribution < -0.4 is 0 Å². The number of ether oxygens (including phenoxy) is 1. The maximum absolute atomic E-state index is 12.4. The standard InChI is InChI=1S/C16H22O3/c1-4-19-16(18)14(11-10-12(2)3)15(17)13-8-6-5-7-9-13/h5-9,12,14H,4,10-11H2,1-3H3. The van der Waals surface area contributed by atoms with Crippen molar-refractivity contribution in [3.05, 3.63) is 35.9 Å². The third-order valence-corrected chi connectivity index (χ3v) is 2.98. The molecule has 0 aromatic heterocycles. The van der Waals surface area contributed by atoms with Crippen LogP contribution in [0.1, 0.15) is 44.0 Å². The first kappa shape index (κ1) is 15.4. The van der Waals surface area contributed by atoms with Gasteiger partial charge in [0.05, 0.1) is 6.61 Å². The summed E-state index contributed by atoms with van der Waals surface area (Å²) in [5.41, 5.74) is 0.573. The average Bonchev–Trinajstić information content (AvgIpc) is 2.39. The molecular weight excluding hydrogens is 240 g/mol. The minimum Gasteiger partial charge on any atom is -0.465 e. The van der Waals surface area contributed by atoms with Gasteiger partial charge in [-0.2, -0.15) is 0 Å². The van der Waals surface area contributed by atoms with E-state index in [4.69, 9.17) is 4.74 Å². The topological polar surface area (TPSA) is 43.4 Å². The lowest BCUT2D eigenvalue weighted by Crippen LogP contribution is -2.26. The lowest BCUT2D eigenvalue weighted by Gasteiger charge is -2.15. The van der Waals surface area contributed by atoms with Gasteiger partial charge in [-0.3, -0.25) is 9.59 Å². The van der Waals surface area contributed by atoms with Crippen LogP contribution in [0.25, 0.3) is 0 Å². The van der Waals surface area contributed by atoms with E-state index in [-0.39, 0.29) is 5.78 Å². The molecule has 3 nitrogen and oxygen atoms in total. The predicted molar refractivity (Wildman–Crippen MR) is 75.0 cm³/mol. The molecule has 0 amide bonds. The normalized spacial score (nSPS) is 12.2. The van der Waals surface area contributed by atoms with Crippen molar-refractivity contribution in [1.82, 2.24) is 0 Å². The molecule has 1 aromatic carbocycles. The molecule has 0 aliphatic rings. The third kappa shape index (κ3) is 4.86. The molecule has 0 radical (unpaired) electrons. The number of Topliss-reactive ketones (excluding diaryl/α,β-unsaturated/α-hetero) is 1. The van der Waals surface area contributed by atoms with Crippen LogP contribution in [0.5, 0.6) is 0 Å². The van der Waals surface area contributed by atoms with E-state index < -0.39 is 11.9 Å². The molecule has 0 N–H and O–H groups in total. The molecule has 1 unspecified atom stereocenters. The number of ketones is 1. The van der Waals surface area contributed by atoms with E-state index in [2.05, 4.69) is 13.8 Å². The van der Waals surface area contributed by atoms with Crippen molar-refractivity contribution in [3.63, 3.8) is 0 Å². The van der Waals surface area contributed by atoms with E-state index >= 15 is 0 Å². The Morgan fingerprint density at radius 1 is 1.11 bits per heavy atom. The first-order chi connectivity index (χ1) is 9.06. The SMILES string of the molecule is CCOC(=O)C(CCC(C)C)C(=O)c1ccccc1. The number of carbonyl (C=O) groups is 2. The molecule has 1 aromatic rings. The summed E-state index contributed by atoms with van der Waals surface area (Å²) in [4.78, 5) is 24.3. The summed E-state index contributed by atoms with van der Waals surface area (Å²) in [6, 6.07) is 8.94. The lowest BCUT2D eigenvalue weighted by molar-refractivity contribution is -0.146. The summed E-state index contributed by atoms with van der Waals surface area (Å²) < 4.78 is 5.02. The molecule has 1 rings (SSSR count). The molecule has 104 valence electrons. The summed E-state index contributed by atoms with van der Waals surface area (Å²) in [7, 11) is 0. The van der Waals surface area contributed by atoms with Crippen molar-refractivity contribution < 1.29 is 14.3 Å². The van der Waals surface area contributed by atoms with Gasteiger partial charge in [-0.1, -0.05) is 44.2 Å². The smallest absolute Gasteiger partial charge is 0.316 e. The molecule has 1 atom stereocenters. The van der Waals surface area contributed by atoms with Crippen LogP contribution in [-0.2, 0) is 9.53 Å². The van der Waals surface area contributed by atoms with Crippen LogP contribution in [0.4, 0.5) is 0 Å². The van der Waals surface area contributed by atoms with E-state index in [1.807, 2.05) is 6.07 Å². The predicted octanol–water partition coefficient (Wildman–Crippen LogP) is 3.48. The average molecular weight is 262 g/mol. The highest BCUT2D eigenvalue weighted by molar-refractivity contribution is 6.08. The maximum atomic E-state index is 12.4. The van der Waals surface area contributed by atoms with Crippen molar-refractivity contribution in [2.45, 2.75) is 33.6 Å². The van der Waals surface area contributed by atoms with Crippen molar-refractivity contribution in [1.29, 1.82) is 0 Å². The number of rotatable bonds is 7. The minimum atomic E-state index is -0.676. The number of carbonyl (C=O) groups excluding carboxylic acids is 2. The van der Waals surface area contributed by atoms with Crippen molar-refractivity contribution in [3.8, 4) is 0 Å². The molecule has 0 aliphatic heterocycles. The highest BCUT2D eigenvalue weighted by Gasteiger charge is 2.28. The van der Waals surface area contributed by atoms with Gasteiger partial charge in [0.15, 0.2) is 5.78 Å². The van der Waals surface area contributed by atoms with Gasteiger partial charge in [0.1, 0.15) is 5.92 Å². The van der Waals surface area contributed by atoms with Gasteiger partial charge in [0.2, 0.25) is 0 Å². The quantitative estimate of drug-likeness (QED) is 0.429. The molecular formula is C16H22O3. The summed E-state index contributed by atoms with van der Waals surface area (Å²) in [5.74, 6) is -0.762. The van der Waals surface area contributed by atoms with Gasteiger partial charge in [0.25, 0.3) is 0 Å². The molecule has 0 bridgehead atoms. The highest BCUT2D eigenvalue weighted by Crippen LogP contribution is 2.19. The lowest BCUT2D eigenvalue weighted by atomic mass is 9.91. The molecule has 0 saturated carbocycles. The number of benzene rings is 1. The Morgan fingerprint density at radius 2 is 1.74 bits per heavy atom. The molecule has 0 saturated heterocycles. The van der Waals surface area contributed by atoms with Crippen LogP contribution in [0.2, 0.25) is 0 Å². The van der Waals surface area contributed by atoms with Gasteiger partial charge in [0, 0.05) is 5.56 Å². The molecule has 0 fully saturated rings. The van der Waals surface area contributed by atoms with Crippen molar-refractivity contribution in [2.75, 3.05) is 6.61 Å². The second kappa shape index (κ2) is 7.72. The fraction of sp³-hybridized carbons (Fsp3) is 0.500. The van der Waals surface area contributed by atoms with Gasteiger partial charge in [-0.05, 0) is 25.7 Å². The van der Waals surface area contributed by atoms with Crippen LogP contribution >= 0.6 is 0 Å². The first-order valence-electron chi connectivity index (χ1n) is 6.82. The number of hydrogen-bond acceptors (Lipinski definition) is 3. The van der Waals surface area contributed by atoms with E-state index in [9.17, 15) is 9.59 Å². The molecule has 0 aliphatic carbocycles. The first-order valence-corrected chi connectivity index (χ1v) is 6.82. The second-order valence-electron chi connectivity index (χ2n) is 5.01. The van der Waals surface area contributed by atoms with E-state index in [0.717, 1.165) is 6.42 Å². The largest absolute Gasteiger partial charge is 0.465 e. The Balaban J connectivity index is 2.83. The monoisotopic (exact) mass is 262 g/mol. The number of hydrogen-bond donors (Lipinski definition) is 0. The fourth-order valence-corrected chi connectivity index (χ4v) is 1.90. The maximum Gasteiger partial charge on any atom is 0.316 e. The minimum absolute atomic E-state index is 0.139. The van der Waals surface area contributed by atoms with Gasteiger partial charge in [-0.15, -0.1) is 0 Å². The van der Waals surface area contributed by atoms with Gasteiger partial charge < -0.3 is 4.74 Å². The van der Waals surface area contributed by atoms with Gasteiger partial charge in [-0.25, -0.2) is 0 Å². The Bertz CT molecular complexity index is 409. The summed E-state index contributed by atoms with van der Waals surface area (Å²) in [6.45, 7) is 6.22. The van der Waals surface area contributed by atoms with E-state index in [0.29, 0.717) is 24.5 Å². The molecule has 0 heterocycles. The third-order valence-electron chi connectivity index (χ3n) is 2.98. The van der Waals surface area contributed by atoms with Crippen LogP contribution in [-0.4, -0.2) is 18.4 Å². The Hall–Kier alpha value is -1.64. The Labute approximate surface area is 115 Å². The van der Waals surface area contributed by atoms with Crippen molar-refractivity contribution in [2.24, 2.45) is 11.8 Å². The molecule has 3 heteroatoms. The molecule has 0 spiro atoms. The van der Waals surface area contributed by atoms with E-state index in [1.165, 1.54) is 0 Å². The van der Waals surface area contributed by atoms with Crippen molar-refractivity contribution >= 4 is 11.8 Å². The Morgan fingerprint density at radius 3 is 2.26 bits per heavy atom. The number of esters is 1. The fourth-order valence-electron chi connectivity index (χ4n) is 1.90. The van der Waals surface area contributed by atoms with Crippen LogP contribution in [0.3, 0.4) is 0 Å². The molecule has 19 heavy (non-hydrogen) atoms. The van der Waals surface area contributed by atoms with Crippen LogP contribution in [0.15, 0.2) is 30.3 Å².